The van der Waals surface area contributed by atoms with E-state index in [0.29, 0.717) is 11.7 Å². The van der Waals surface area contributed by atoms with Gasteiger partial charge in [-0.3, -0.25) is 0 Å². The average molecular weight is 250 g/mol. The van der Waals surface area contributed by atoms with Crippen molar-refractivity contribution in [2.24, 2.45) is 5.92 Å². The lowest BCUT2D eigenvalue weighted by atomic mass is 10.1. The number of hydrogen-bond donors (Lipinski definition) is 2. The number of benzene rings is 1. The van der Waals surface area contributed by atoms with E-state index in [-0.39, 0.29) is 6.04 Å². The van der Waals surface area contributed by atoms with Crippen LogP contribution in [0.2, 0.25) is 0 Å². The minimum atomic E-state index is 0.167. The highest BCUT2D eigenvalue weighted by atomic mass is 16.3. The van der Waals surface area contributed by atoms with E-state index < -0.39 is 0 Å². The highest BCUT2D eigenvalue weighted by Gasteiger charge is 2.10. The Kier molecular flexibility index (Phi) is 5.48. The smallest absolute Gasteiger partial charge is 0.122 e. The van der Waals surface area contributed by atoms with Crippen molar-refractivity contribution < 1.29 is 5.11 Å². The third-order valence-electron chi connectivity index (χ3n) is 3.40. The van der Waals surface area contributed by atoms with Crippen molar-refractivity contribution in [1.82, 2.24) is 5.32 Å². The molecule has 0 fully saturated rings. The fourth-order valence-electron chi connectivity index (χ4n) is 1.87. The molecule has 3 nitrogen and oxygen atoms in total. The Bertz CT molecular complexity index is 377. The SMILES string of the molecule is CNC(C)c1ccc(N(C)CCC(C)C)cc1O. The summed E-state index contributed by atoms with van der Waals surface area (Å²) in [7, 11) is 3.96. The molecule has 0 heterocycles. The van der Waals surface area contributed by atoms with Crippen LogP contribution in [0, 0.1) is 5.92 Å². The molecule has 2 N–H and O–H groups in total. The van der Waals surface area contributed by atoms with Crippen LogP contribution in [0.5, 0.6) is 5.75 Å². The van der Waals surface area contributed by atoms with Gasteiger partial charge in [-0.1, -0.05) is 19.9 Å². The summed E-state index contributed by atoms with van der Waals surface area (Å²) < 4.78 is 0. The summed E-state index contributed by atoms with van der Waals surface area (Å²) in [4.78, 5) is 2.19. The van der Waals surface area contributed by atoms with Gasteiger partial charge in [0.1, 0.15) is 5.75 Å². The molecular weight excluding hydrogens is 224 g/mol. The zero-order valence-corrected chi connectivity index (χ0v) is 12.2. The second-order valence-electron chi connectivity index (χ2n) is 5.36. The number of rotatable bonds is 6. The van der Waals surface area contributed by atoms with E-state index in [9.17, 15) is 5.11 Å². The molecule has 3 heteroatoms. The van der Waals surface area contributed by atoms with Crippen molar-refractivity contribution >= 4 is 5.69 Å². The summed E-state index contributed by atoms with van der Waals surface area (Å²) in [6.45, 7) is 7.50. The maximum atomic E-state index is 10.1. The summed E-state index contributed by atoms with van der Waals surface area (Å²) in [6.07, 6.45) is 1.16. The Labute approximate surface area is 111 Å². The number of phenols is 1. The van der Waals surface area contributed by atoms with Crippen LogP contribution in [0.15, 0.2) is 18.2 Å². The van der Waals surface area contributed by atoms with Crippen LogP contribution < -0.4 is 10.2 Å². The van der Waals surface area contributed by atoms with Crippen LogP contribution in [0.3, 0.4) is 0 Å². The van der Waals surface area contributed by atoms with Crippen LogP contribution in [-0.4, -0.2) is 25.7 Å². The maximum Gasteiger partial charge on any atom is 0.122 e. The standard InChI is InChI=1S/C15H26N2O/c1-11(2)8-9-17(5)13-6-7-14(12(3)16-4)15(18)10-13/h6-7,10-12,16,18H,8-9H2,1-5H3. The van der Waals surface area contributed by atoms with Gasteiger partial charge in [-0.15, -0.1) is 0 Å². The largest absolute Gasteiger partial charge is 0.508 e. The van der Waals surface area contributed by atoms with Gasteiger partial charge in [-0.25, -0.2) is 0 Å². The number of aromatic hydroxyl groups is 1. The van der Waals surface area contributed by atoms with E-state index in [4.69, 9.17) is 0 Å². The molecule has 1 atom stereocenters. The zero-order chi connectivity index (χ0) is 13.7. The minimum absolute atomic E-state index is 0.167. The molecule has 0 aromatic heterocycles. The van der Waals surface area contributed by atoms with Crippen molar-refractivity contribution in [2.45, 2.75) is 33.2 Å². The van der Waals surface area contributed by atoms with Gasteiger partial charge in [-0.05, 0) is 32.4 Å². The van der Waals surface area contributed by atoms with Crippen molar-refractivity contribution in [2.75, 3.05) is 25.5 Å². The quantitative estimate of drug-likeness (QED) is 0.814. The van der Waals surface area contributed by atoms with Crippen molar-refractivity contribution in [3.63, 3.8) is 0 Å². The highest BCUT2D eigenvalue weighted by molar-refractivity contribution is 5.53. The summed E-state index contributed by atoms with van der Waals surface area (Å²) >= 11 is 0. The minimum Gasteiger partial charge on any atom is -0.508 e. The molecule has 0 spiro atoms. The molecule has 0 bridgehead atoms. The molecule has 0 radical (unpaired) electrons. The van der Waals surface area contributed by atoms with E-state index in [1.54, 1.807) is 0 Å². The molecule has 0 aliphatic rings. The lowest BCUT2D eigenvalue weighted by molar-refractivity contribution is 0.458. The summed E-state index contributed by atoms with van der Waals surface area (Å²) in [5.41, 5.74) is 2.01. The molecule has 0 amide bonds. The number of nitrogens with zero attached hydrogens (tertiary/aromatic N) is 1. The fourth-order valence-corrected chi connectivity index (χ4v) is 1.87. The van der Waals surface area contributed by atoms with Gasteiger partial charge >= 0.3 is 0 Å². The maximum absolute atomic E-state index is 10.1. The van der Waals surface area contributed by atoms with E-state index in [0.717, 1.165) is 24.2 Å². The molecule has 0 saturated carbocycles. The highest BCUT2D eigenvalue weighted by Crippen LogP contribution is 2.28. The van der Waals surface area contributed by atoms with E-state index in [1.165, 1.54) is 0 Å². The fraction of sp³-hybridized carbons (Fsp3) is 0.600. The van der Waals surface area contributed by atoms with Crippen molar-refractivity contribution in [1.29, 1.82) is 0 Å². The normalized spacial score (nSPS) is 12.8. The number of hydrogen-bond acceptors (Lipinski definition) is 3. The third kappa shape index (κ3) is 3.91. The molecule has 18 heavy (non-hydrogen) atoms. The summed E-state index contributed by atoms with van der Waals surface area (Å²) in [5, 5.41) is 13.2. The van der Waals surface area contributed by atoms with E-state index in [2.05, 4.69) is 37.2 Å². The molecule has 102 valence electrons. The van der Waals surface area contributed by atoms with Crippen molar-refractivity contribution in [3.8, 4) is 5.75 Å². The lowest BCUT2D eigenvalue weighted by Crippen LogP contribution is -2.20. The second kappa shape index (κ2) is 6.64. The molecule has 0 saturated heterocycles. The molecule has 1 aromatic carbocycles. The third-order valence-corrected chi connectivity index (χ3v) is 3.40. The Morgan fingerprint density at radius 1 is 1.28 bits per heavy atom. The zero-order valence-electron chi connectivity index (χ0n) is 12.2. The van der Waals surface area contributed by atoms with Gasteiger partial charge in [0.25, 0.3) is 0 Å². The first-order valence-electron chi connectivity index (χ1n) is 6.67. The topological polar surface area (TPSA) is 35.5 Å². The van der Waals surface area contributed by atoms with Crippen LogP contribution in [0.4, 0.5) is 5.69 Å². The lowest BCUT2D eigenvalue weighted by Gasteiger charge is -2.22. The van der Waals surface area contributed by atoms with Gasteiger partial charge in [0, 0.05) is 37.0 Å². The van der Waals surface area contributed by atoms with Crippen LogP contribution in [0.1, 0.15) is 38.8 Å². The number of anilines is 1. The molecule has 1 aromatic rings. The van der Waals surface area contributed by atoms with Crippen LogP contribution in [-0.2, 0) is 0 Å². The van der Waals surface area contributed by atoms with Gasteiger partial charge in [0.15, 0.2) is 0 Å². The van der Waals surface area contributed by atoms with Gasteiger partial charge in [0.05, 0.1) is 0 Å². The number of phenolic OH excluding ortho intramolecular Hbond substituents is 1. The molecule has 1 rings (SSSR count). The molecule has 0 aliphatic heterocycles. The molecule has 0 aliphatic carbocycles. The van der Waals surface area contributed by atoms with Gasteiger partial charge < -0.3 is 15.3 Å². The Morgan fingerprint density at radius 3 is 2.44 bits per heavy atom. The Balaban J connectivity index is 2.77. The van der Waals surface area contributed by atoms with Gasteiger partial charge in [-0.2, -0.15) is 0 Å². The Hall–Kier alpha value is -1.22. The monoisotopic (exact) mass is 250 g/mol. The van der Waals surface area contributed by atoms with E-state index >= 15 is 0 Å². The first-order valence-corrected chi connectivity index (χ1v) is 6.67. The predicted molar refractivity (Wildman–Crippen MR) is 78.3 cm³/mol. The van der Waals surface area contributed by atoms with Crippen molar-refractivity contribution in [3.05, 3.63) is 23.8 Å². The summed E-state index contributed by atoms with van der Waals surface area (Å²) in [6, 6.07) is 6.09. The summed E-state index contributed by atoms with van der Waals surface area (Å²) in [5.74, 6) is 1.07. The average Bonchev–Trinajstić information content (AvgIpc) is 2.34. The Morgan fingerprint density at radius 2 is 1.94 bits per heavy atom. The van der Waals surface area contributed by atoms with Gasteiger partial charge in [0.2, 0.25) is 0 Å². The van der Waals surface area contributed by atoms with E-state index in [1.807, 2.05) is 26.1 Å². The molecule has 1 unspecified atom stereocenters. The first kappa shape index (κ1) is 14.8. The van der Waals surface area contributed by atoms with Crippen LogP contribution >= 0.6 is 0 Å². The van der Waals surface area contributed by atoms with Crippen LogP contribution in [0.25, 0.3) is 0 Å². The second-order valence-corrected chi connectivity index (χ2v) is 5.36. The predicted octanol–water partition coefficient (Wildman–Crippen LogP) is 3.15. The number of nitrogens with one attached hydrogen (secondary N) is 1. The first-order chi connectivity index (χ1) is 8.45. The molecular formula is C15H26N2O.